The van der Waals surface area contributed by atoms with Gasteiger partial charge >= 0.3 is 0 Å². The Kier molecular flexibility index (Phi) is 5.26. The Bertz CT molecular complexity index is 204. The predicted molar refractivity (Wildman–Crippen MR) is 73.3 cm³/mol. The number of piperidine rings is 1. The average molecular weight is 239 g/mol. The maximum absolute atomic E-state index is 3.52. The monoisotopic (exact) mass is 239 g/mol. The lowest BCUT2D eigenvalue weighted by Crippen LogP contribution is -2.49. The molecule has 2 heterocycles. The summed E-state index contributed by atoms with van der Waals surface area (Å²) in [7, 11) is 0. The second kappa shape index (κ2) is 6.72. The Morgan fingerprint density at radius 2 is 1.82 bits per heavy atom. The smallest absolute Gasteiger partial charge is 0.0110 e. The standard InChI is InChI=1S/C14H29N3/c1-13(2)11-16-6-8-17(9-7-16)12-14-4-3-5-15-10-14/h13-15H,3-12H2,1-2H3. The SMILES string of the molecule is CC(C)CN1CCN(CC2CCCNC2)CC1. The van der Waals surface area contributed by atoms with Crippen LogP contribution < -0.4 is 5.32 Å². The fraction of sp³-hybridized carbons (Fsp3) is 1.00. The molecule has 17 heavy (non-hydrogen) atoms. The molecule has 0 spiro atoms. The van der Waals surface area contributed by atoms with Gasteiger partial charge in [0.25, 0.3) is 0 Å². The molecule has 0 saturated carbocycles. The van der Waals surface area contributed by atoms with Gasteiger partial charge in [-0.3, -0.25) is 0 Å². The van der Waals surface area contributed by atoms with Crippen molar-refractivity contribution in [3.8, 4) is 0 Å². The van der Waals surface area contributed by atoms with Gasteiger partial charge < -0.3 is 15.1 Å². The van der Waals surface area contributed by atoms with E-state index in [2.05, 4.69) is 29.0 Å². The van der Waals surface area contributed by atoms with Gasteiger partial charge in [-0.1, -0.05) is 13.8 Å². The maximum atomic E-state index is 3.52. The van der Waals surface area contributed by atoms with Gasteiger partial charge in [0.1, 0.15) is 0 Å². The summed E-state index contributed by atoms with van der Waals surface area (Å²) in [5.74, 6) is 1.71. The third kappa shape index (κ3) is 4.57. The Morgan fingerprint density at radius 3 is 2.41 bits per heavy atom. The molecular formula is C14H29N3. The minimum Gasteiger partial charge on any atom is -0.316 e. The molecule has 3 heteroatoms. The molecular weight excluding hydrogens is 210 g/mol. The largest absolute Gasteiger partial charge is 0.316 e. The molecule has 3 nitrogen and oxygen atoms in total. The minimum absolute atomic E-state index is 0.809. The first-order chi connectivity index (χ1) is 8.24. The molecule has 1 N–H and O–H groups in total. The topological polar surface area (TPSA) is 18.5 Å². The third-order valence-electron chi connectivity index (χ3n) is 4.00. The number of hydrogen-bond acceptors (Lipinski definition) is 3. The Hall–Kier alpha value is -0.120. The van der Waals surface area contributed by atoms with Crippen LogP contribution >= 0.6 is 0 Å². The summed E-state index contributed by atoms with van der Waals surface area (Å²) in [6.07, 6.45) is 2.80. The average Bonchev–Trinajstić information content (AvgIpc) is 2.32. The van der Waals surface area contributed by atoms with Crippen LogP contribution in [0.4, 0.5) is 0 Å². The molecule has 0 aromatic rings. The second-order valence-electron chi connectivity index (χ2n) is 6.21. The molecule has 2 aliphatic heterocycles. The first-order valence-corrected chi connectivity index (χ1v) is 7.39. The zero-order valence-corrected chi connectivity index (χ0v) is 11.6. The van der Waals surface area contributed by atoms with Gasteiger partial charge in [0, 0.05) is 39.3 Å². The van der Waals surface area contributed by atoms with Crippen LogP contribution in [0.5, 0.6) is 0 Å². The Labute approximate surface area is 107 Å². The fourth-order valence-electron chi connectivity index (χ4n) is 3.12. The zero-order chi connectivity index (χ0) is 12.1. The van der Waals surface area contributed by atoms with Gasteiger partial charge in [0.15, 0.2) is 0 Å². The zero-order valence-electron chi connectivity index (χ0n) is 11.6. The normalized spacial score (nSPS) is 28.8. The fourth-order valence-corrected chi connectivity index (χ4v) is 3.12. The summed E-state index contributed by atoms with van der Waals surface area (Å²) in [6.45, 7) is 14.8. The quantitative estimate of drug-likeness (QED) is 0.797. The molecule has 0 aliphatic carbocycles. The van der Waals surface area contributed by atoms with Crippen LogP contribution in [0.2, 0.25) is 0 Å². The molecule has 2 rings (SSSR count). The lowest BCUT2D eigenvalue weighted by Gasteiger charge is -2.37. The van der Waals surface area contributed by atoms with Crippen LogP contribution in [-0.2, 0) is 0 Å². The third-order valence-corrected chi connectivity index (χ3v) is 4.00. The van der Waals surface area contributed by atoms with E-state index in [-0.39, 0.29) is 0 Å². The van der Waals surface area contributed by atoms with E-state index >= 15 is 0 Å². The van der Waals surface area contributed by atoms with Gasteiger partial charge in [-0.05, 0) is 37.8 Å². The van der Waals surface area contributed by atoms with Gasteiger partial charge in [-0.25, -0.2) is 0 Å². The van der Waals surface area contributed by atoms with E-state index in [0.717, 1.165) is 11.8 Å². The van der Waals surface area contributed by atoms with Crippen molar-refractivity contribution in [2.45, 2.75) is 26.7 Å². The van der Waals surface area contributed by atoms with Crippen molar-refractivity contribution in [3.05, 3.63) is 0 Å². The maximum Gasteiger partial charge on any atom is 0.0110 e. The summed E-state index contributed by atoms with van der Waals surface area (Å²) in [5, 5.41) is 3.52. The van der Waals surface area contributed by atoms with Crippen molar-refractivity contribution in [3.63, 3.8) is 0 Å². The summed E-state index contributed by atoms with van der Waals surface area (Å²) in [4.78, 5) is 5.30. The lowest BCUT2D eigenvalue weighted by molar-refractivity contribution is 0.104. The molecule has 0 aromatic carbocycles. The van der Waals surface area contributed by atoms with E-state index in [1.165, 1.54) is 65.2 Å². The van der Waals surface area contributed by atoms with Crippen molar-refractivity contribution in [2.24, 2.45) is 11.8 Å². The molecule has 0 aromatic heterocycles. The van der Waals surface area contributed by atoms with Crippen molar-refractivity contribution in [1.82, 2.24) is 15.1 Å². The number of nitrogens with one attached hydrogen (secondary N) is 1. The van der Waals surface area contributed by atoms with Crippen LogP contribution in [0.25, 0.3) is 0 Å². The second-order valence-corrected chi connectivity index (χ2v) is 6.21. The van der Waals surface area contributed by atoms with E-state index < -0.39 is 0 Å². The van der Waals surface area contributed by atoms with E-state index in [4.69, 9.17) is 0 Å². The van der Waals surface area contributed by atoms with Crippen LogP contribution in [0.3, 0.4) is 0 Å². The van der Waals surface area contributed by atoms with Crippen molar-refractivity contribution in [2.75, 3.05) is 52.4 Å². The van der Waals surface area contributed by atoms with Crippen molar-refractivity contribution < 1.29 is 0 Å². The van der Waals surface area contributed by atoms with Crippen molar-refractivity contribution in [1.29, 1.82) is 0 Å². The van der Waals surface area contributed by atoms with Gasteiger partial charge in [0.05, 0.1) is 0 Å². The highest BCUT2D eigenvalue weighted by molar-refractivity contribution is 4.77. The highest BCUT2D eigenvalue weighted by Crippen LogP contribution is 2.13. The highest BCUT2D eigenvalue weighted by Gasteiger charge is 2.21. The number of nitrogens with zero attached hydrogens (tertiary/aromatic N) is 2. The number of piperazine rings is 1. The van der Waals surface area contributed by atoms with Crippen LogP contribution in [0.1, 0.15) is 26.7 Å². The first-order valence-electron chi connectivity index (χ1n) is 7.39. The molecule has 2 aliphatic rings. The first kappa shape index (κ1) is 13.3. The Balaban J connectivity index is 1.64. The summed E-state index contributed by atoms with van der Waals surface area (Å²) < 4.78 is 0. The molecule has 2 saturated heterocycles. The summed E-state index contributed by atoms with van der Waals surface area (Å²) >= 11 is 0. The van der Waals surface area contributed by atoms with E-state index in [1.807, 2.05) is 0 Å². The molecule has 1 atom stereocenters. The Morgan fingerprint density at radius 1 is 1.12 bits per heavy atom. The summed E-state index contributed by atoms with van der Waals surface area (Å²) in [5.41, 5.74) is 0. The van der Waals surface area contributed by atoms with Gasteiger partial charge in [0.2, 0.25) is 0 Å². The molecule has 0 amide bonds. The van der Waals surface area contributed by atoms with E-state index in [0.29, 0.717) is 0 Å². The van der Waals surface area contributed by atoms with E-state index in [1.54, 1.807) is 0 Å². The van der Waals surface area contributed by atoms with Crippen LogP contribution in [-0.4, -0.2) is 62.2 Å². The number of rotatable bonds is 4. The van der Waals surface area contributed by atoms with Gasteiger partial charge in [-0.15, -0.1) is 0 Å². The molecule has 0 bridgehead atoms. The number of hydrogen-bond donors (Lipinski definition) is 1. The highest BCUT2D eigenvalue weighted by atomic mass is 15.3. The lowest BCUT2D eigenvalue weighted by atomic mass is 9.99. The van der Waals surface area contributed by atoms with E-state index in [9.17, 15) is 0 Å². The van der Waals surface area contributed by atoms with Crippen LogP contribution in [0.15, 0.2) is 0 Å². The molecule has 100 valence electrons. The van der Waals surface area contributed by atoms with Crippen LogP contribution in [0, 0.1) is 11.8 Å². The molecule has 2 fully saturated rings. The molecule has 1 unspecified atom stereocenters. The van der Waals surface area contributed by atoms with Crippen molar-refractivity contribution >= 4 is 0 Å². The summed E-state index contributed by atoms with van der Waals surface area (Å²) in [6, 6.07) is 0. The molecule has 0 radical (unpaired) electrons. The van der Waals surface area contributed by atoms with Gasteiger partial charge in [-0.2, -0.15) is 0 Å². The predicted octanol–water partition coefficient (Wildman–Crippen LogP) is 1.26. The minimum atomic E-state index is 0.809.